The minimum Gasteiger partial charge on any atom is -0.468 e. The van der Waals surface area contributed by atoms with Gasteiger partial charge in [-0.2, -0.15) is 0 Å². The molecule has 5 nitrogen and oxygen atoms in total. The van der Waals surface area contributed by atoms with E-state index >= 15 is 0 Å². The standard InChI is InChI=1S/C13H18N2O3/c1-10(2)15(9-13(17)18-3)12(16)7-11-5-4-6-14-8-11/h4-6,8,10H,7,9H2,1-3H3. The summed E-state index contributed by atoms with van der Waals surface area (Å²) in [5, 5.41) is 0. The molecule has 5 heteroatoms. The summed E-state index contributed by atoms with van der Waals surface area (Å²) in [5.74, 6) is -0.522. The largest absolute Gasteiger partial charge is 0.468 e. The van der Waals surface area contributed by atoms with Gasteiger partial charge in [-0.3, -0.25) is 14.6 Å². The van der Waals surface area contributed by atoms with E-state index in [1.165, 1.54) is 12.0 Å². The number of methoxy groups -OCH3 is 1. The van der Waals surface area contributed by atoms with Crippen LogP contribution in [0.2, 0.25) is 0 Å². The molecule has 1 heterocycles. The third kappa shape index (κ3) is 4.16. The SMILES string of the molecule is COC(=O)CN(C(=O)Cc1cccnc1)C(C)C. The molecule has 0 saturated heterocycles. The van der Waals surface area contributed by atoms with Crippen LogP contribution in [0, 0.1) is 0 Å². The van der Waals surface area contributed by atoms with Gasteiger partial charge in [0.2, 0.25) is 5.91 Å². The van der Waals surface area contributed by atoms with E-state index in [-0.39, 0.29) is 24.9 Å². The van der Waals surface area contributed by atoms with Crippen molar-refractivity contribution in [3.8, 4) is 0 Å². The first kappa shape index (κ1) is 14.2. The number of esters is 1. The van der Waals surface area contributed by atoms with Crippen molar-refractivity contribution in [3.63, 3.8) is 0 Å². The summed E-state index contributed by atoms with van der Waals surface area (Å²) in [6.45, 7) is 3.71. The summed E-state index contributed by atoms with van der Waals surface area (Å²) >= 11 is 0. The Balaban J connectivity index is 2.68. The van der Waals surface area contributed by atoms with Crippen molar-refractivity contribution in [2.75, 3.05) is 13.7 Å². The lowest BCUT2D eigenvalue weighted by Gasteiger charge is -2.25. The lowest BCUT2D eigenvalue weighted by Crippen LogP contribution is -2.41. The summed E-state index contributed by atoms with van der Waals surface area (Å²) in [7, 11) is 1.31. The van der Waals surface area contributed by atoms with Gasteiger partial charge in [-0.15, -0.1) is 0 Å². The van der Waals surface area contributed by atoms with E-state index in [1.54, 1.807) is 18.5 Å². The van der Waals surface area contributed by atoms with E-state index in [0.29, 0.717) is 0 Å². The molecule has 0 aliphatic rings. The smallest absolute Gasteiger partial charge is 0.325 e. The maximum absolute atomic E-state index is 12.1. The first-order chi connectivity index (χ1) is 8.54. The van der Waals surface area contributed by atoms with Crippen molar-refractivity contribution in [1.29, 1.82) is 0 Å². The molecule has 0 radical (unpaired) electrons. The third-order valence-corrected chi connectivity index (χ3v) is 2.55. The average Bonchev–Trinajstić information content (AvgIpc) is 2.36. The van der Waals surface area contributed by atoms with Gasteiger partial charge in [0, 0.05) is 18.4 Å². The second kappa shape index (κ2) is 6.74. The molecule has 0 saturated carbocycles. The molecule has 98 valence electrons. The van der Waals surface area contributed by atoms with E-state index in [9.17, 15) is 9.59 Å². The van der Waals surface area contributed by atoms with E-state index in [2.05, 4.69) is 9.72 Å². The summed E-state index contributed by atoms with van der Waals surface area (Å²) < 4.78 is 4.59. The van der Waals surface area contributed by atoms with E-state index in [4.69, 9.17) is 0 Å². The minimum atomic E-state index is -0.414. The highest BCUT2D eigenvalue weighted by atomic mass is 16.5. The Morgan fingerprint density at radius 2 is 2.17 bits per heavy atom. The second-order valence-electron chi connectivity index (χ2n) is 4.23. The second-order valence-corrected chi connectivity index (χ2v) is 4.23. The fourth-order valence-electron chi connectivity index (χ4n) is 1.54. The van der Waals surface area contributed by atoms with Crippen molar-refractivity contribution < 1.29 is 14.3 Å². The van der Waals surface area contributed by atoms with Gasteiger partial charge in [-0.25, -0.2) is 0 Å². The number of rotatable bonds is 5. The topological polar surface area (TPSA) is 59.5 Å². The van der Waals surface area contributed by atoms with Gasteiger partial charge in [0.15, 0.2) is 0 Å². The number of amides is 1. The predicted octanol–water partition coefficient (Wildman–Crippen LogP) is 1.03. The molecule has 1 aromatic rings. The zero-order valence-corrected chi connectivity index (χ0v) is 10.9. The van der Waals surface area contributed by atoms with Crippen LogP contribution in [-0.2, 0) is 20.7 Å². The van der Waals surface area contributed by atoms with E-state index < -0.39 is 5.97 Å². The Morgan fingerprint density at radius 1 is 1.44 bits per heavy atom. The third-order valence-electron chi connectivity index (χ3n) is 2.55. The number of aromatic nitrogens is 1. The van der Waals surface area contributed by atoms with Crippen LogP contribution in [0.5, 0.6) is 0 Å². The molecule has 1 amide bonds. The van der Waals surface area contributed by atoms with Crippen molar-refractivity contribution >= 4 is 11.9 Å². The first-order valence-electron chi connectivity index (χ1n) is 5.79. The number of hydrogen-bond acceptors (Lipinski definition) is 4. The van der Waals surface area contributed by atoms with Crippen molar-refractivity contribution in [2.45, 2.75) is 26.3 Å². The van der Waals surface area contributed by atoms with Crippen LogP contribution < -0.4 is 0 Å². The van der Waals surface area contributed by atoms with Gasteiger partial charge in [0.05, 0.1) is 13.5 Å². The van der Waals surface area contributed by atoms with Crippen LogP contribution in [0.4, 0.5) is 0 Å². The molecule has 0 spiro atoms. The van der Waals surface area contributed by atoms with Crippen LogP contribution in [0.15, 0.2) is 24.5 Å². The summed E-state index contributed by atoms with van der Waals surface area (Å²) in [4.78, 5) is 28.8. The first-order valence-corrected chi connectivity index (χ1v) is 5.79. The summed E-state index contributed by atoms with van der Waals surface area (Å²) in [5.41, 5.74) is 0.831. The van der Waals surface area contributed by atoms with Gasteiger partial charge in [-0.1, -0.05) is 6.07 Å². The van der Waals surface area contributed by atoms with Crippen LogP contribution in [-0.4, -0.2) is 41.5 Å². The number of hydrogen-bond donors (Lipinski definition) is 0. The minimum absolute atomic E-state index is 0.0206. The van der Waals surface area contributed by atoms with Crippen molar-refractivity contribution in [2.24, 2.45) is 0 Å². The van der Waals surface area contributed by atoms with E-state index in [1.807, 2.05) is 19.9 Å². The fourth-order valence-corrected chi connectivity index (χ4v) is 1.54. The molecule has 0 aromatic carbocycles. The molecule has 0 N–H and O–H groups in total. The molecule has 18 heavy (non-hydrogen) atoms. The molecule has 0 aliphatic heterocycles. The molecule has 0 aliphatic carbocycles. The fraction of sp³-hybridized carbons (Fsp3) is 0.462. The number of carbonyl (C=O) groups excluding carboxylic acids is 2. The molecule has 0 fully saturated rings. The molecule has 1 rings (SSSR count). The van der Waals surface area contributed by atoms with E-state index in [0.717, 1.165) is 5.56 Å². The van der Waals surface area contributed by atoms with Crippen LogP contribution in [0.1, 0.15) is 19.4 Å². The molecule has 0 bridgehead atoms. The highest BCUT2D eigenvalue weighted by Crippen LogP contribution is 2.05. The highest BCUT2D eigenvalue weighted by molar-refractivity contribution is 5.83. The zero-order chi connectivity index (χ0) is 13.5. The summed E-state index contributed by atoms with van der Waals surface area (Å²) in [6.07, 6.45) is 3.54. The number of pyridine rings is 1. The molecule has 1 aromatic heterocycles. The van der Waals surface area contributed by atoms with Gasteiger partial charge in [0.1, 0.15) is 6.54 Å². The maximum atomic E-state index is 12.1. The van der Waals surface area contributed by atoms with Crippen molar-refractivity contribution in [1.82, 2.24) is 9.88 Å². The monoisotopic (exact) mass is 250 g/mol. The number of nitrogens with zero attached hydrogens (tertiary/aromatic N) is 2. The Hall–Kier alpha value is -1.91. The van der Waals surface area contributed by atoms with Gasteiger partial charge >= 0.3 is 5.97 Å². The maximum Gasteiger partial charge on any atom is 0.325 e. The average molecular weight is 250 g/mol. The lowest BCUT2D eigenvalue weighted by molar-refractivity contribution is -0.148. The lowest BCUT2D eigenvalue weighted by atomic mass is 10.1. The summed E-state index contributed by atoms with van der Waals surface area (Å²) in [6, 6.07) is 3.57. The Morgan fingerprint density at radius 3 is 2.67 bits per heavy atom. The zero-order valence-electron chi connectivity index (χ0n) is 10.9. The molecule has 0 unspecified atom stereocenters. The van der Waals surface area contributed by atoms with Crippen molar-refractivity contribution in [3.05, 3.63) is 30.1 Å². The highest BCUT2D eigenvalue weighted by Gasteiger charge is 2.20. The normalized spacial score (nSPS) is 10.2. The molecule has 0 atom stereocenters. The Bertz CT molecular complexity index is 404. The van der Waals surface area contributed by atoms with Crippen LogP contribution >= 0.6 is 0 Å². The molecular formula is C13H18N2O3. The Labute approximate surface area is 107 Å². The predicted molar refractivity (Wildman–Crippen MR) is 66.8 cm³/mol. The number of ether oxygens (including phenoxy) is 1. The van der Waals surface area contributed by atoms with Gasteiger partial charge in [0.25, 0.3) is 0 Å². The van der Waals surface area contributed by atoms with Crippen LogP contribution in [0.25, 0.3) is 0 Å². The Kier molecular flexibility index (Phi) is 5.30. The van der Waals surface area contributed by atoms with Gasteiger partial charge in [-0.05, 0) is 25.5 Å². The van der Waals surface area contributed by atoms with Crippen LogP contribution in [0.3, 0.4) is 0 Å². The van der Waals surface area contributed by atoms with Gasteiger partial charge < -0.3 is 9.64 Å². The quantitative estimate of drug-likeness (QED) is 0.732. The number of carbonyl (C=O) groups is 2. The molecular weight excluding hydrogens is 232 g/mol.